The minimum atomic E-state index is 0.579. The van der Waals surface area contributed by atoms with Gasteiger partial charge in [-0.15, -0.1) is 0 Å². The van der Waals surface area contributed by atoms with Crippen molar-refractivity contribution in [3.05, 3.63) is 0 Å². The zero-order chi connectivity index (χ0) is 16.0. The molecule has 2 N–H and O–H groups in total. The monoisotopic (exact) mass is 319 g/mol. The molecule has 0 bridgehead atoms. The van der Waals surface area contributed by atoms with Gasteiger partial charge >= 0.3 is 0 Å². The van der Waals surface area contributed by atoms with Gasteiger partial charge in [-0.1, -0.05) is 6.92 Å². The first-order chi connectivity index (χ1) is 11.2. The molecule has 0 spiro atoms. The van der Waals surface area contributed by atoms with Crippen molar-refractivity contribution >= 4 is 0 Å². The van der Waals surface area contributed by atoms with Crippen LogP contribution in [0, 0.1) is 46.8 Å². The lowest BCUT2D eigenvalue weighted by Crippen LogP contribution is -2.49. The summed E-state index contributed by atoms with van der Waals surface area (Å²) in [4.78, 5) is 0. The Labute approximate surface area is 142 Å². The molecule has 0 amide bonds. The number of fused-ring (bicyclic) bond motifs is 5. The SMILES string of the molecule is COC[C@H]1CC[C@@H]2C3CC[C@@]4(C)C(CC[C@@H]4CN)[C@@H]3CC[C@@H]2C1. The van der Waals surface area contributed by atoms with Crippen LogP contribution in [0.5, 0.6) is 0 Å². The zero-order valence-electron chi connectivity index (χ0n) is 15.3. The smallest absolute Gasteiger partial charge is 0.0490 e. The van der Waals surface area contributed by atoms with Gasteiger partial charge in [0.1, 0.15) is 0 Å². The van der Waals surface area contributed by atoms with Crippen molar-refractivity contribution < 1.29 is 4.74 Å². The Hall–Kier alpha value is -0.0800. The van der Waals surface area contributed by atoms with Crippen LogP contribution >= 0.6 is 0 Å². The number of ether oxygens (including phenoxy) is 1. The summed E-state index contributed by atoms with van der Waals surface area (Å²) in [6.07, 6.45) is 13.2. The Bertz CT molecular complexity index is 424. The molecule has 4 aliphatic rings. The van der Waals surface area contributed by atoms with Crippen LogP contribution in [-0.2, 0) is 4.74 Å². The first-order valence-electron chi connectivity index (χ1n) is 10.4. The Morgan fingerprint density at radius 1 is 0.957 bits per heavy atom. The second-order valence-corrected chi connectivity index (χ2v) is 9.62. The predicted molar refractivity (Wildman–Crippen MR) is 95.0 cm³/mol. The van der Waals surface area contributed by atoms with Crippen molar-refractivity contribution in [2.75, 3.05) is 20.3 Å². The molecular formula is C21H37NO. The molecule has 2 unspecified atom stereocenters. The molecule has 0 aromatic rings. The third-order valence-electron chi connectivity index (χ3n) is 8.95. The number of hydrogen-bond donors (Lipinski definition) is 1. The summed E-state index contributed by atoms with van der Waals surface area (Å²) in [6.45, 7) is 4.52. The van der Waals surface area contributed by atoms with Crippen LogP contribution in [0.1, 0.15) is 64.7 Å². The normalized spacial score (nSPS) is 52.6. The molecule has 0 radical (unpaired) electrons. The first kappa shape index (κ1) is 16.4. The van der Waals surface area contributed by atoms with Gasteiger partial charge in [-0.05, 0) is 111 Å². The van der Waals surface area contributed by atoms with Crippen molar-refractivity contribution in [2.45, 2.75) is 64.7 Å². The van der Waals surface area contributed by atoms with Crippen molar-refractivity contribution in [1.29, 1.82) is 0 Å². The fraction of sp³-hybridized carbons (Fsp3) is 1.00. The number of nitrogens with two attached hydrogens (primary N) is 1. The van der Waals surface area contributed by atoms with Crippen LogP contribution in [0.2, 0.25) is 0 Å². The van der Waals surface area contributed by atoms with Crippen molar-refractivity contribution in [3.8, 4) is 0 Å². The van der Waals surface area contributed by atoms with Crippen LogP contribution in [0.4, 0.5) is 0 Å². The van der Waals surface area contributed by atoms with E-state index in [1.54, 1.807) is 0 Å². The van der Waals surface area contributed by atoms with Crippen LogP contribution < -0.4 is 5.73 Å². The second kappa shape index (κ2) is 6.33. The molecule has 23 heavy (non-hydrogen) atoms. The molecule has 8 atom stereocenters. The van der Waals surface area contributed by atoms with E-state index in [0.29, 0.717) is 5.41 Å². The highest BCUT2D eigenvalue weighted by molar-refractivity contribution is 5.06. The van der Waals surface area contributed by atoms with Gasteiger partial charge in [0.25, 0.3) is 0 Å². The van der Waals surface area contributed by atoms with E-state index in [-0.39, 0.29) is 0 Å². The predicted octanol–water partition coefficient (Wildman–Crippen LogP) is 4.48. The summed E-state index contributed by atoms with van der Waals surface area (Å²) in [5.74, 6) is 6.79. The minimum absolute atomic E-state index is 0.579. The molecule has 4 saturated carbocycles. The third-order valence-corrected chi connectivity index (χ3v) is 8.95. The number of rotatable bonds is 3. The molecule has 0 heterocycles. The van der Waals surface area contributed by atoms with E-state index in [4.69, 9.17) is 10.5 Å². The van der Waals surface area contributed by atoms with Crippen LogP contribution in [0.3, 0.4) is 0 Å². The Kier molecular flexibility index (Phi) is 4.51. The number of hydrogen-bond acceptors (Lipinski definition) is 2. The van der Waals surface area contributed by atoms with Crippen molar-refractivity contribution in [1.82, 2.24) is 0 Å². The molecule has 0 aromatic carbocycles. The molecule has 0 aliphatic heterocycles. The van der Waals surface area contributed by atoms with Gasteiger partial charge in [0.15, 0.2) is 0 Å². The van der Waals surface area contributed by atoms with Crippen LogP contribution in [0.25, 0.3) is 0 Å². The Morgan fingerprint density at radius 2 is 1.78 bits per heavy atom. The molecule has 0 aromatic heterocycles. The van der Waals surface area contributed by atoms with Crippen LogP contribution in [0.15, 0.2) is 0 Å². The average molecular weight is 320 g/mol. The molecule has 0 saturated heterocycles. The highest BCUT2D eigenvalue weighted by Gasteiger charge is 2.56. The van der Waals surface area contributed by atoms with E-state index in [9.17, 15) is 0 Å². The summed E-state index contributed by atoms with van der Waals surface area (Å²) in [7, 11) is 1.87. The summed E-state index contributed by atoms with van der Waals surface area (Å²) in [5.41, 5.74) is 6.71. The van der Waals surface area contributed by atoms with Crippen LogP contribution in [-0.4, -0.2) is 20.3 Å². The maximum atomic E-state index is 6.13. The van der Waals surface area contributed by atoms with E-state index in [2.05, 4.69) is 6.92 Å². The van der Waals surface area contributed by atoms with E-state index < -0.39 is 0 Å². The average Bonchev–Trinajstić information content (AvgIpc) is 2.91. The summed E-state index contributed by atoms with van der Waals surface area (Å²) >= 11 is 0. The second-order valence-electron chi connectivity index (χ2n) is 9.62. The fourth-order valence-corrected chi connectivity index (χ4v) is 7.83. The van der Waals surface area contributed by atoms with Gasteiger partial charge < -0.3 is 10.5 Å². The van der Waals surface area contributed by atoms with Gasteiger partial charge in [0.05, 0.1) is 0 Å². The third kappa shape index (κ3) is 2.59. The highest BCUT2D eigenvalue weighted by Crippen LogP contribution is 2.64. The maximum absolute atomic E-state index is 6.13. The fourth-order valence-electron chi connectivity index (χ4n) is 7.83. The Morgan fingerprint density at radius 3 is 2.57 bits per heavy atom. The molecule has 4 fully saturated rings. The standard InChI is InChI=1S/C21H37NO/c1-21-10-9-18-17-6-3-14(13-23-2)11-15(17)4-7-19(18)20(21)8-5-16(21)12-22/h14-20H,3-13,22H2,1-2H3/t14-,15+,16+,17-,18?,19+,20?,21+/m0/s1. The first-order valence-corrected chi connectivity index (χ1v) is 10.4. The molecule has 4 rings (SSSR count). The highest BCUT2D eigenvalue weighted by atomic mass is 16.5. The Balaban J connectivity index is 1.48. The largest absolute Gasteiger partial charge is 0.384 e. The van der Waals surface area contributed by atoms with Crippen molar-refractivity contribution in [2.24, 2.45) is 52.6 Å². The van der Waals surface area contributed by atoms with E-state index in [0.717, 1.165) is 54.6 Å². The van der Waals surface area contributed by atoms with Crippen molar-refractivity contribution in [3.63, 3.8) is 0 Å². The lowest BCUT2D eigenvalue weighted by atomic mass is 9.49. The van der Waals surface area contributed by atoms with E-state index in [1.165, 1.54) is 57.8 Å². The topological polar surface area (TPSA) is 35.2 Å². The minimum Gasteiger partial charge on any atom is -0.384 e. The molecule has 132 valence electrons. The van der Waals surface area contributed by atoms with Gasteiger partial charge in [-0.3, -0.25) is 0 Å². The van der Waals surface area contributed by atoms with Gasteiger partial charge in [0.2, 0.25) is 0 Å². The lowest BCUT2D eigenvalue weighted by Gasteiger charge is -2.56. The van der Waals surface area contributed by atoms with E-state index in [1.807, 2.05) is 7.11 Å². The summed E-state index contributed by atoms with van der Waals surface area (Å²) in [5, 5.41) is 0. The molecule has 2 heteroatoms. The van der Waals surface area contributed by atoms with Gasteiger partial charge in [0, 0.05) is 13.7 Å². The van der Waals surface area contributed by atoms with Gasteiger partial charge in [-0.2, -0.15) is 0 Å². The quantitative estimate of drug-likeness (QED) is 0.832. The number of methoxy groups -OCH3 is 1. The summed E-state index contributed by atoms with van der Waals surface area (Å²) < 4.78 is 5.45. The summed E-state index contributed by atoms with van der Waals surface area (Å²) in [6, 6.07) is 0. The zero-order valence-corrected chi connectivity index (χ0v) is 15.3. The molecular weight excluding hydrogens is 282 g/mol. The lowest BCUT2D eigenvalue weighted by molar-refractivity contribution is -0.0707. The maximum Gasteiger partial charge on any atom is 0.0490 e. The van der Waals surface area contributed by atoms with E-state index >= 15 is 0 Å². The molecule has 2 nitrogen and oxygen atoms in total. The molecule has 4 aliphatic carbocycles. The van der Waals surface area contributed by atoms with Gasteiger partial charge in [-0.25, -0.2) is 0 Å².